The molecule has 2 aromatic rings. The Morgan fingerprint density at radius 2 is 2.03 bits per heavy atom. The van der Waals surface area contributed by atoms with Crippen LogP contribution in [0, 0.1) is 5.92 Å². The van der Waals surface area contributed by atoms with Crippen molar-refractivity contribution in [2.24, 2.45) is 5.92 Å². The number of carbonyl (C=O) groups excluding carboxylic acids is 1. The first kappa shape index (κ1) is 21.2. The molecular weight excluding hydrogens is 396 g/mol. The van der Waals surface area contributed by atoms with Gasteiger partial charge in [-0.05, 0) is 61.2 Å². The number of hydrogen-bond acceptors (Lipinski definition) is 5. The lowest BCUT2D eigenvalue weighted by atomic mass is 9.92. The Morgan fingerprint density at radius 1 is 1.23 bits per heavy atom. The van der Waals surface area contributed by atoms with Crippen molar-refractivity contribution >= 4 is 17.2 Å². The lowest BCUT2D eigenvalue weighted by Gasteiger charge is -2.34. The number of aromatic nitrogens is 2. The van der Waals surface area contributed by atoms with Crippen molar-refractivity contribution < 1.29 is 4.79 Å². The van der Waals surface area contributed by atoms with Crippen LogP contribution in [0.5, 0.6) is 0 Å². The molecule has 30 heavy (non-hydrogen) atoms. The van der Waals surface area contributed by atoms with E-state index in [0.717, 1.165) is 63.4 Å². The summed E-state index contributed by atoms with van der Waals surface area (Å²) in [6.45, 7) is 8.42. The highest BCUT2D eigenvalue weighted by Gasteiger charge is 2.28. The van der Waals surface area contributed by atoms with Crippen LogP contribution in [-0.4, -0.2) is 51.9 Å². The van der Waals surface area contributed by atoms with Crippen LogP contribution >= 0.6 is 11.3 Å². The van der Waals surface area contributed by atoms with Crippen LogP contribution < -0.4 is 5.56 Å². The Labute approximate surface area is 182 Å². The third-order valence-electron chi connectivity index (χ3n) is 6.39. The molecule has 0 aliphatic carbocycles. The standard InChI is InChI=1S/C23H32N4O2S/c1-16(2)23(29)27-8-3-4-19(14-27)20-12-21(28)25-22(24-20)18-5-9-26(10-6-18)13-17-7-11-30-15-17/h7,11-12,15-16,18-19H,3-6,8-10,13-14H2,1-2H3,(H,24,25,28)/t19-/m0/s1. The maximum atomic E-state index is 12.4. The smallest absolute Gasteiger partial charge is 0.251 e. The molecule has 1 atom stereocenters. The number of amides is 1. The molecule has 162 valence electrons. The van der Waals surface area contributed by atoms with Gasteiger partial charge in [0.25, 0.3) is 5.56 Å². The maximum Gasteiger partial charge on any atom is 0.251 e. The van der Waals surface area contributed by atoms with Gasteiger partial charge in [-0.15, -0.1) is 0 Å². The summed E-state index contributed by atoms with van der Waals surface area (Å²) < 4.78 is 0. The number of nitrogens with zero attached hydrogens (tertiary/aromatic N) is 3. The van der Waals surface area contributed by atoms with E-state index in [-0.39, 0.29) is 23.3 Å². The van der Waals surface area contributed by atoms with Gasteiger partial charge in [0, 0.05) is 43.5 Å². The molecule has 0 spiro atoms. The van der Waals surface area contributed by atoms with E-state index in [4.69, 9.17) is 4.98 Å². The molecule has 6 nitrogen and oxygen atoms in total. The first-order valence-corrected chi connectivity index (χ1v) is 12.1. The Hall–Kier alpha value is -1.99. The number of H-pyrrole nitrogens is 1. The van der Waals surface area contributed by atoms with E-state index in [1.54, 1.807) is 17.4 Å². The zero-order valence-electron chi connectivity index (χ0n) is 18.0. The molecule has 2 fully saturated rings. The summed E-state index contributed by atoms with van der Waals surface area (Å²) in [5.41, 5.74) is 2.17. The molecule has 2 aliphatic heterocycles. The predicted octanol–water partition coefficient (Wildman–Crippen LogP) is 3.57. The molecule has 4 rings (SSSR count). The summed E-state index contributed by atoms with van der Waals surface area (Å²) in [5, 5.41) is 4.34. The van der Waals surface area contributed by atoms with Crippen LogP contribution in [0.1, 0.15) is 68.4 Å². The summed E-state index contributed by atoms with van der Waals surface area (Å²) in [5.74, 6) is 1.49. The van der Waals surface area contributed by atoms with Gasteiger partial charge in [-0.2, -0.15) is 11.3 Å². The van der Waals surface area contributed by atoms with Crippen LogP contribution in [-0.2, 0) is 11.3 Å². The summed E-state index contributed by atoms with van der Waals surface area (Å²) in [7, 11) is 0. The van der Waals surface area contributed by atoms with Crippen molar-refractivity contribution in [3.05, 3.63) is 50.3 Å². The second-order valence-electron chi connectivity index (χ2n) is 9.02. The Kier molecular flexibility index (Phi) is 6.68. The van der Waals surface area contributed by atoms with Crippen LogP contribution in [0.4, 0.5) is 0 Å². The maximum absolute atomic E-state index is 12.4. The first-order chi connectivity index (χ1) is 14.5. The van der Waals surface area contributed by atoms with Crippen molar-refractivity contribution in [2.45, 2.75) is 57.9 Å². The minimum absolute atomic E-state index is 0.00529. The molecule has 1 N–H and O–H groups in total. The largest absolute Gasteiger partial charge is 0.342 e. The van der Waals surface area contributed by atoms with Crippen molar-refractivity contribution in [3.8, 4) is 0 Å². The Morgan fingerprint density at radius 3 is 2.73 bits per heavy atom. The van der Waals surface area contributed by atoms with Crippen LogP contribution in [0.2, 0.25) is 0 Å². The fourth-order valence-corrected chi connectivity index (χ4v) is 5.35. The second-order valence-corrected chi connectivity index (χ2v) is 9.80. The lowest BCUT2D eigenvalue weighted by Crippen LogP contribution is -2.41. The molecule has 4 heterocycles. The van der Waals surface area contributed by atoms with Gasteiger partial charge < -0.3 is 9.88 Å². The summed E-state index contributed by atoms with van der Waals surface area (Å²) in [6, 6.07) is 3.83. The molecular formula is C23H32N4O2S. The van der Waals surface area contributed by atoms with Gasteiger partial charge in [-0.1, -0.05) is 13.8 Å². The number of piperidine rings is 2. The molecule has 0 radical (unpaired) electrons. The van der Waals surface area contributed by atoms with Crippen molar-refractivity contribution in [1.82, 2.24) is 19.8 Å². The van der Waals surface area contributed by atoms with Gasteiger partial charge in [0.15, 0.2) is 0 Å². The lowest BCUT2D eigenvalue weighted by molar-refractivity contribution is -0.135. The molecule has 2 aromatic heterocycles. The summed E-state index contributed by atoms with van der Waals surface area (Å²) >= 11 is 1.74. The number of aromatic amines is 1. The van der Waals surface area contributed by atoms with Crippen LogP contribution in [0.15, 0.2) is 27.7 Å². The highest BCUT2D eigenvalue weighted by atomic mass is 32.1. The van der Waals surface area contributed by atoms with E-state index in [1.807, 2.05) is 18.7 Å². The average molecular weight is 429 g/mol. The predicted molar refractivity (Wildman–Crippen MR) is 120 cm³/mol. The third-order valence-corrected chi connectivity index (χ3v) is 7.12. The van der Waals surface area contributed by atoms with Crippen LogP contribution in [0.25, 0.3) is 0 Å². The number of carbonyl (C=O) groups is 1. The topological polar surface area (TPSA) is 69.3 Å². The molecule has 0 saturated carbocycles. The second kappa shape index (κ2) is 9.43. The Bertz CT molecular complexity index is 900. The first-order valence-electron chi connectivity index (χ1n) is 11.1. The minimum atomic E-state index is -0.0667. The fraction of sp³-hybridized carbons (Fsp3) is 0.609. The highest BCUT2D eigenvalue weighted by molar-refractivity contribution is 7.07. The zero-order chi connectivity index (χ0) is 21.1. The van der Waals surface area contributed by atoms with Crippen molar-refractivity contribution in [2.75, 3.05) is 26.2 Å². The molecule has 2 aliphatic rings. The molecule has 0 aromatic carbocycles. The van der Waals surface area contributed by atoms with Gasteiger partial charge in [-0.25, -0.2) is 4.98 Å². The minimum Gasteiger partial charge on any atom is -0.342 e. The molecule has 0 unspecified atom stereocenters. The number of likely N-dealkylation sites (tertiary alicyclic amines) is 2. The van der Waals surface area contributed by atoms with E-state index < -0.39 is 0 Å². The molecule has 7 heteroatoms. The summed E-state index contributed by atoms with van der Waals surface area (Å²) in [6.07, 6.45) is 3.98. The van der Waals surface area contributed by atoms with Gasteiger partial charge in [0.2, 0.25) is 5.91 Å². The number of thiophene rings is 1. The normalized spacial score (nSPS) is 21.3. The quantitative estimate of drug-likeness (QED) is 0.790. The van der Waals surface area contributed by atoms with E-state index in [1.165, 1.54) is 5.56 Å². The van der Waals surface area contributed by atoms with Gasteiger partial charge in [0.1, 0.15) is 5.82 Å². The average Bonchev–Trinajstić information content (AvgIpc) is 3.26. The van der Waals surface area contributed by atoms with Crippen LogP contribution in [0.3, 0.4) is 0 Å². The molecule has 1 amide bonds. The SMILES string of the molecule is CC(C)C(=O)N1CCC[C@H](c2cc(=O)[nH]c(C3CCN(Cc4ccsc4)CC3)n2)C1. The zero-order valence-corrected chi connectivity index (χ0v) is 18.8. The van der Waals surface area contributed by atoms with E-state index >= 15 is 0 Å². The Balaban J connectivity index is 1.42. The number of hydrogen-bond donors (Lipinski definition) is 1. The molecule has 0 bridgehead atoms. The molecule has 2 saturated heterocycles. The van der Waals surface area contributed by atoms with Gasteiger partial charge in [-0.3, -0.25) is 14.5 Å². The van der Waals surface area contributed by atoms with Gasteiger partial charge >= 0.3 is 0 Å². The van der Waals surface area contributed by atoms with Crippen molar-refractivity contribution in [1.29, 1.82) is 0 Å². The van der Waals surface area contributed by atoms with E-state index in [9.17, 15) is 9.59 Å². The fourth-order valence-electron chi connectivity index (χ4n) is 4.69. The third kappa shape index (κ3) is 5.01. The number of rotatable bonds is 5. The van der Waals surface area contributed by atoms with Crippen molar-refractivity contribution in [3.63, 3.8) is 0 Å². The van der Waals surface area contributed by atoms with E-state index in [0.29, 0.717) is 12.5 Å². The van der Waals surface area contributed by atoms with E-state index in [2.05, 4.69) is 26.7 Å². The number of nitrogens with one attached hydrogen (secondary N) is 1. The summed E-state index contributed by atoms with van der Waals surface area (Å²) in [4.78, 5) is 37.2. The highest BCUT2D eigenvalue weighted by Crippen LogP contribution is 2.29. The van der Waals surface area contributed by atoms with Gasteiger partial charge in [0.05, 0.1) is 5.69 Å². The monoisotopic (exact) mass is 428 g/mol.